The number of methoxy groups -OCH3 is 1. The molecule has 0 radical (unpaired) electrons. The molecule has 0 aliphatic carbocycles. The van der Waals surface area contributed by atoms with Crippen molar-refractivity contribution in [2.24, 2.45) is 0 Å². The van der Waals surface area contributed by atoms with Gasteiger partial charge in [-0.1, -0.05) is 0 Å². The third-order valence-electron chi connectivity index (χ3n) is 1.74. The Morgan fingerprint density at radius 2 is 2.25 bits per heavy atom. The van der Waals surface area contributed by atoms with Gasteiger partial charge in [0.05, 0.1) is 4.92 Å². The third-order valence-corrected chi connectivity index (χ3v) is 1.74. The van der Waals surface area contributed by atoms with Crippen molar-refractivity contribution >= 4 is 11.7 Å². The molecule has 0 saturated heterocycles. The Balaban J connectivity index is 3.09. The SMILES string of the molecule is COCOc1ccc([N+](=O)[O-])cc1C(=O)O. The van der Waals surface area contributed by atoms with Gasteiger partial charge in [-0.05, 0) is 6.07 Å². The van der Waals surface area contributed by atoms with Crippen molar-refractivity contribution in [3.8, 4) is 5.75 Å². The van der Waals surface area contributed by atoms with Crippen LogP contribution in [0.25, 0.3) is 0 Å². The number of hydrogen-bond acceptors (Lipinski definition) is 5. The Morgan fingerprint density at radius 3 is 2.75 bits per heavy atom. The quantitative estimate of drug-likeness (QED) is 0.462. The van der Waals surface area contributed by atoms with E-state index in [9.17, 15) is 14.9 Å². The number of nitro benzene ring substituents is 1. The van der Waals surface area contributed by atoms with E-state index in [1.54, 1.807) is 0 Å². The lowest BCUT2D eigenvalue weighted by Crippen LogP contribution is -2.06. The van der Waals surface area contributed by atoms with Gasteiger partial charge in [0.1, 0.15) is 11.3 Å². The number of hydrogen-bond donors (Lipinski definition) is 1. The van der Waals surface area contributed by atoms with Gasteiger partial charge >= 0.3 is 5.97 Å². The third kappa shape index (κ3) is 2.67. The maximum Gasteiger partial charge on any atom is 0.339 e. The van der Waals surface area contributed by atoms with E-state index in [2.05, 4.69) is 4.74 Å². The number of nitro groups is 1. The molecule has 0 heterocycles. The van der Waals surface area contributed by atoms with Crippen molar-refractivity contribution in [2.45, 2.75) is 0 Å². The molecule has 0 spiro atoms. The molecule has 0 atom stereocenters. The number of rotatable bonds is 5. The van der Waals surface area contributed by atoms with Gasteiger partial charge in [-0.3, -0.25) is 10.1 Å². The number of nitrogens with zero attached hydrogens (tertiary/aromatic N) is 1. The topological polar surface area (TPSA) is 98.9 Å². The van der Waals surface area contributed by atoms with Gasteiger partial charge in [-0.25, -0.2) is 4.79 Å². The van der Waals surface area contributed by atoms with E-state index in [0.717, 1.165) is 12.1 Å². The number of carboxylic acid groups (broad SMARTS) is 1. The summed E-state index contributed by atoms with van der Waals surface area (Å²) in [4.78, 5) is 20.6. The smallest absolute Gasteiger partial charge is 0.339 e. The summed E-state index contributed by atoms with van der Waals surface area (Å²) in [5.41, 5.74) is -0.576. The number of ether oxygens (including phenoxy) is 2. The van der Waals surface area contributed by atoms with Crippen molar-refractivity contribution in [3.63, 3.8) is 0 Å². The number of non-ortho nitro benzene ring substituents is 1. The van der Waals surface area contributed by atoms with Crippen molar-refractivity contribution in [1.29, 1.82) is 0 Å². The summed E-state index contributed by atoms with van der Waals surface area (Å²) in [6.07, 6.45) is 0. The van der Waals surface area contributed by atoms with Crippen LogP contribution < -0.4 is 4.74 Å². The monoisotopic (exact) mass is 227 g/mol. The Bertz CT molecular complexity index is 416. The van der Waals surface area contributed by atoms with E-state index in [1.807, 2.05) is 0 Å². The summed E-state index contributed by atoms with van der Waals surface area (Å²) in [7, 11) is 1.38. The Kier molecular flexibility index (Phi) is 3.78. The largest absolute Gasteiger partial charge is 0.478 e. The van der Waals surface area contributed by atoms with Crippen LogP contribution in [-0.4, -0.2) is 29.9 Å². The molecule has 1 aromatic rings. The van der Waals surface area contributed by atoms with Crippen LogP contribution >= 0.6 is 0 Å². The van der Waals surface area contributed by atoms with Gasteiger partial charge in [-0.2, -0.15) is 0 Å². The normalized spacial score (nSPS) is 9.81. The van der Waals surface area contributed by atoms with Gasteiger partial charge in [-0.15, -0.1) is 0 Å². The molecule has 1 N–H and O–H groups in total. The van der Waals surface area contributed by atoms with Crippen LogP contribution in [0.5, 0.6) is 5.75 Å². The highest BCUT2D eigenvalue weighted by atomic mass is 16.7. The standard InChI is InChI=1S/C9H9NO6/c1-15-5-16-8-3-2-6(10(13)14)4-7(8)9(11)12/h2-4H,5H2,1H3,(H,11,12). The van der Waals surface area contributed by atoms with Crippen LogP contribution in [0.15, 0.2) is 18.2 Å². The average molecular weight is 227 g/mol. The zero-order valence-electron chi connectivity index (χ0n) is 8.37. The molecule has 0 unspecified atom stereocenters. The van der Waals surface area contributed by atoms with E-state index in [4.69, 9.17) is 9.84 Å². The van der Waals surface area contributed by atoms with Crippen LogP contribution in [0.4, 0.5) is 5.69 Å². The Hall–Kier alpha value is -2.15. The summed E-state index contributed by atoms with van der Waals surface area (Å²) in [6, 6.07) is 3.32. The van der Waals surface area contributed by atoms with E-state index in [-0.39, 0.29) is 23.8 Å². The molecule has 7 heteroatoms. The number of benzene rings is 1. The van der Waals surface area contributed by atoms with Crippen LogP contribution in [0.3, 0.4) is 0 Å². The fourth-order valence-corrected chi connectivity index (χ4v) is 1.05. The van der Waals surface area contributed by atoms with Crippen LogP contribution in [0.2, 0.25) is 0 Å². The first-order valence-corrected chi connectivity index (χ1v) is 4.19. The molecule has 16 heavy (non-hydrogen) atoms. The molecule has 86 valence electrons. The molecule has 1 aromatic carbocycles. The summed E-state index contributed by atoms with van der Waals surface area (Å²) < 4.78 is 9.57. The number of carbonyl (C=O) groups is 1. The highest BCUT2D eigenvalue weighted by Gasteiger charge is 2.16. The van der Waals surface area contributed by atoms with Crippen LogP contribution in [-0.2, 0) is 4.74 Å². The molecule has 0 fully saturated rings. The molecule has 0 aromatic heterocycles. The predicted octanol–water partition coefficient (Wildman–Crippen LogP) is 1.28. The second-order valence-electron chi connectivity index (χ2n) is 2.79. The highest BCUT2D eigenvalue weighted by molar-refractivity contribution is 5.91. The summed E-state index contributed by atoms with van der Waals surface area (Å²) in [5.74, 6) is -1.27. The first kappa shape index (κ1) is 11.9. The second-order valence-corrected chi connectivity index (χ2v) is 2.79. The molecule has 1 rings (SSSR count). The first-order valence-electron chi connectivity index (χ1n) is 4.19. The van der Waals surface area contributed by atoms with Gasteiger partial charge in [0.2, 0.25) is 0 Å². The maximum absolute atomic E-state index is 10.8. The predicted molar refractivity (Wildman–Crippen MR) is 52.6 cm³/mol. The Morgan fingerprint density at radius 1 is 1.56 bits per heavy atom. The van der Waals surface area contributed by atoms with Gasteiger partial charge in [0, 0.05) is 19.2 Å². The van der Waals surface area contributed by atoms with E-state index in [0.29, 0.717) is 0 Å². The first-order chi connectivity index (χ1) is 7.56. The average Bonchev–Trinajstić information content (AvgIpc) is 2.25. The van der Waals surface area contributed by atoms with E-state index >= 15 is 0 Å². The van der Waals surface area contributed by atoms with E-state index in [1.165, 1.54) is 13.2 Å². The van der Waals surface area contributed by atoms with Gasteiger partial charge in [0.15, 0.2) is 6.79 Å². The molecular weight excluding hydrogens is 218 g/mol. The summed E-state index contributed by atoms with van der Waals surface area (Å²) in [6.45, 7) is -0.127. The van der Waals surface area contributed by atoms with E-state index < -0.39 is 10.9 Å². The molecule has 0 aliphatic heterocycles. The summed E-state index contributed by atoms with van der Waals surface area (Å²) >= 11 is 0. The minimum Gasteiger partial charge on any atom is -0.478 e. The molecule has 0 saturated carbocycles. The number of aromatic carboxylic acids is 1. The highest BCUT2D eigenvalue weighted by Crippen LogP contribution is 2.24. The van der Waals surface area contributed by atoms with Crippen LogP contribution in [0.1, 0.15) is 10.4 Å². The van der Waals surface area contributed by atoms with Crippen molar-refractivity contribution in [1.82, 2.24) is 0 Å². The van der Waals surface area contributed by atoms with Gasteiger partial charge in [0.25, 0.3) is 5.69 Å². The molecule has 0 aliphatic rings. The minimum atomic E-state index is -1.30. The van der Waals surface area contributed by atoms with Crippen LogP contribution in [0, 0.1) is 10.1 Å². The molecule has 0 bridgehead atoms. The van der Waals surface area contributed by atoms with Crippen molar-refractivity contribution < 1.29 is 24.3 Å². The Labute approximate surface area is 90.4 Å². The second kappa shape index (κ2) is 5.08. The zero-order chi connectivity index (χ0) is 12.1. The lowest BCUT2D eigenvalue weighted by Gasteiger charge is -2.07. The van der Waals surface area contributed by atoms with Crippen molar-refractivity contribution in [2.75, 3.05) is 13.9 Å². The fourth-order valence-electron chi connectivity index (χ4n) is 1.05. The minimum absolute atomic E-state index is 0.0277. The lowest BCUT2D eigenvalue weighted by molar-refractivity contribution is -0.384. The number of carboxylic acids is 1. The lowest BCUT2D eigenvalue weighted by atomic mass is 10.2. The summed E-state index contributed by atoms with van der Waals surface area (Å²) in [5, 5.41) is 19.3. The zero-order valence-corrected chi connectivity index (χ0v) is 8.37. The van der Waals surface area contributed by atoms with Gasteiger partial charge < -0.3 is 14.6 Å². The maximum atomic E-state index is 10.8. The van der Waals surface area contributed by atoms with Crippen molar-refractivity contribution in [3.05, 3.63) is 33.9 Å². The molecule has 7 nitrogen and oxygen atoms in total. The molecule has 0 amide bonds. The molecular formula is C9H9NO6. The fraction of sp³-hybridized carbons (Fsp3) is 0.222.